The highest BCUT2D eigenvalue weighted by atomic mass is 16.5. The summed E-state index contributed by atoms with van der Waals surface area (Å²) >= 11 is 0. The first-order valence-electron chi connectivity index (χ1n) is 11.4. The molecule has 164 valence electrons. The fraction of sp³-hybridized carbons (Fsp3) is 0.407. The molecule has 0 spiro atoms. The molecule has 0 amide bonds. The average Bonchev–Trinajstić information content (AvgIpc) is 2.82. The number of ether oxygens (including phenoxy) is 1. The van der Waals surface area contributed by atoms with Gasteiger partial charge in [0.1, 0.15) is 12.4 Å². The van der Waals surface area contributed by atoms with Crippen LogP contribution in [0.3, 0.4) is 0 Å². The molecule has 1 atom stereocenters. The molecule has 2 aromatic carbocycles. The van der Waals surface area contributed by atoms with Gasteiger partial charge in [-0.2, -0.15) is 0 Å². The Morgan fingerprint density at radius 3 is 2.77 bits per heavy atom. The predicted molar refractivity (Wildman–Crippen MR) is 127 cm³/mol. The second kappa shape index (κ2) is 10.2. The molecule has 1 aliphatic carbocycles. The molecule has 31 heavy (non-hydrogen) atoms. The van der Waals surface area contributed by atoms with Crippen molar-refractivity contribution in [3.8, 4) is 5.75 Å². The summed E-state index contributed by atoms with van der Waals surface area (Å²) in [5.41, 5.74) is 8.04. The lowest BCUT2D eigenvalue weighted by molar-refractivity contribution is 0.184. The topological polar surface area (TPSA) is 44.7 Å². The molecule has 0 radical (unpaired) electrons. The number of aliphatic hydroxyl groups excluding tert-OH is 1. The van der Waals surface area contributed by atoms with Crippen LogP contribution in [0.15, 0.2) is 65.9 Å². The third-order valence-electron chi connectivity index (χ3n) is 6.57. The first-order valence-corrected chi connectivity index (χ1v) is 11.4. The number of nitrogens with one attached hydrogen (secondary N) is 1. The van der Waals surface area contributed by atoms with E-state index in [-0.39, 0.29) is 6.61 Å². The molecule has 0 saturated carbocycles. The van der Waals surface area contributed by atoms with Gasteiger partial charge in [-0.1, -0.05) is 48.0 Å². The molecule has 2 N–H and O–H groups in total. The van der Waals surface area contributed by atoms with E-state index in [9.17, 15) is 0 Å². The van der Waals surface area contributed by atoms with Gasteiger partial charge in [-0.05, 0) is 68.4 Å². The van der Waals surface area contributed by atoms with Gasteiger partial charge in [0.05, 0.1) is 6.61 Å². The summed E-state index contributed by atoms with van der Waals surface area (Å²) in [6.07, 6.45) is 6.65. The van der Waals surface area contributed by atoms with E-state index in [2.05, 4.69) is 72.6 Å². The first kappa shape index (κ1) is 21.7. The minimum absolute atomic E-state index is 0.0477. The standard InChI is InChI=1S/C27H34N2O2/c1-3-26(22-7-5-4-6-8-22)28-27-19-29(14-13-20(27)2)24-11-9-21-10-12-25(31-16-15-30)18-23(21)17-24/h3-8,10,12,18,24,28,30H,9,11,13-17,19H2,1-2H3/b26-3-. The number of fused-ring (bicyclic) bond motifs is 1. The first-order chi connectivity index (χ1) is 15.2. The number of nitrogens with zero attached hydrogens (tertiary/aromatic N) is 1. The summed E-state index contributed by atoms with van der Waals surface area (Å²) < 4.78 is 5.64. The van der Waals surface area contributed by atoms with Gasteiger partial charge in [0.2, 0.25) is 0 Å². The van der Waals surface area contributed by atoms with E-state index < -0.39 is 0 Å². The SMILES string of the molecule is C/C=C(\NC1=C(C)CCN(C2CCc3ccc(OCCO)cc3C2)C1)c1ccccc1. The Morgan fingerprint density at radius 1 is 1.16 bits per heavy atom. The lowest BCUT2D eigenvalue weighted by Gasteiger charge is -2.39. The van der Waals surface area contributed by atoms with Gasteiger partial charge in [0, 0.05) is 30.5 Å². The Hall–Kier alpha value is -2.56. The van der Waals surface area contributed by atoms with Crippen molar-refractivity contribution >= 4 is 5.70 Å². The van der Waals surface area contributed by atoms with Crippen molar-refractivity contribution in [2.45, 2.75) is 45.6 Å². The molecule has 2 aromatic rings. The number of benzene rings is 2. The smallest absolute Gasteiger partial charge is 0.119 e. The highest BCUT2D eigenvalue weighted by Gasteiger charge is 2.28. The largest absolute Gasteiger partial charge is 0.491 e. The van der Waals surface area contributed by atoms with Crippen LogP contribution in [0.5, 0.6) is 5.75 Å². The van der Waals surface area contributed by atoms with Crippen molar-refractivity contribution < 1.29 is 9.84 Å². The van der Waals surface area contributed by atoms with Crippen LogP contribution < -0.4 is 10.1 Å². The fourth-order valence-corrected chi connectivity index (χ4v) is 4.71. The molecule has 4 nitrogen and oxygen atoms in total. The lowest BCUT2D eigenvalue weighted by atomic mass is 9.86. The molecule has 2 aliphatic rings. The molecule has 0 bridgehead atoms. The van der Waals surface area contributed by atoms with Crippen LogP contribution >= 0.6 is 0 Å². The number of allylic oxidation sites excluding steroid dienone is 1. The second-order valence-electron chi connectivity index (χ2n) is 8.57. The molecule has 4 heteroatoms. The molecule has 0 fully saturated rings. The van der Waals surface area contributed by atoms with Gasteiger partial charge in [0.15, 0.2) is 0 Å². The van der Waals surface area contributed by atoms with Crippen molar-refractivity contribution in [2.75, 3.05) is 26.3 Å². The molecule has 1 heterocycles. The third kappa shape index (κ3) is 5.20. The van der Waals surface area contributed by atoms with Gasteiger partial charge in [-0.25, -0.2) is 0 Å². The monoisotopic (exact) mass is 418 g/mol. The average molecular weight is 419 g/mol. The van der Waals surface area contributed by atoms with Crippen LogP contribution in [0.1, 0.15) is 43.4 Å². The summed E-state index contributed by atoms with van der Waals surface area (Å²) in [4.78, 5) is 2.65. The zero-order valence-electron chi connectivity index (χ0n) is 18.7. The molecular weight excluding hydrogens is 384 g/mol. The molecule has 0 aromatic heterocycles. The van der Waals surface area contributed by atoms with Crippen LogP contribution in [0, 0.1) is 0 Å². The summed E-state index contributed by atoms with van der Waals surface area (Å²) in [7, 11) is 0. The Balaban J connectivity index is 1.45. The van der Waals surface area contributed by atoms with Crippen molar-refractivity contribution in [1.82, 2.24) is 10.2 Å². The van der Waals surface area contributed by atoms with E-state index >= 15 is 0 Å². The van der Waals surface area contributed by atoms with E-state index in [1.54, 1.807) is 0 Å². The maximum atomic E-state index is 9.03. The van der Waals surface area contributed by atoms with Gasteiger partial charge in [0.25, 0.3) is 0 Å². The Kier molecular flexibility index (Phi) is 7.10. The number of hydrogen-bond donors (Lipinski definition) is 2. The Morgan fingerprint density at radius 2 is 2.00 bits per heavy atom. The molecule has 0 saturated heterocycles. The number of aryl methyl sites for hydroxylation is 1. The summed E-state index contributed by atoms with van der Waals surface area (Å²) in [5, 5.41) is 12.8. The van der Waals surface area contributed by atoms with Gasteiger partial charge in [-0.15, -0.1) is 0 Å². The zero-order chi connectivity index (χ0) is 21.6. The summed E-state index contributed by atoms with van der Waals surface area (Å²) in [6.45, 7) is 6.85. The minimum Gasteiger partial charge on any atom is -0.491 e. The maximum Gasteiger partial charge on any atom is 0.119 e. The van der Waals surface area contributed by atoms with Crippen molar-refractivity contribution in [3.63, 3.8) is 0 Å². The van der Waals surface area contributed by atoms with Crippen LogP contribution in [0.25, 0.3) is 5.70 Å². The lowest BCUT2D eigenvalue weighted by Crippen LogP contribution is -2.45. The second-order valence-corrected chi connectivity index (χ2v) is 8.57. The van der Waals surface area contributed by atoms with Crippen molar-refractivity contribution in [2.24, 2.45) is 0 Å². The minimum atomic E-state index is 0.0477. The number of aliphatic hydroxyl groups is 1. The predicted octanol–water partition coefficient (Wildman–Crippen LogP) is 4.55. The third-order valence-corrected chi connectivity index (χ3v) is 6.57. The van der Waals surface area contributed by atoms with E-state index in [4.69, 9.17) is 9.84 Å². The van der Waals surface area contributed by atoms with Gasteiger partial charge in [-0.3, -0.25) is 4.90 Å². The molecular formula is C27H34N2O2. The number of rotatable bonds is 7. The van der Waals surface area contributed by atoms with Gasteiger partial charge < -0.3 is 15.2 Å². The van der Waals surface area contributed by atoms with Crippen LogP contribution in [0.4, 0.5) is 0 Å². The van der Waals surface area contributed by atoms with Crippen LogP contribution in [-0.2, 0) is 12.8 Å². The molecule has 1 unspecified atom stereocenters. The quantitative estimate of drug-likeness (QED) is 0.693. The van der Waals surface area contributed by atoms with Crippen LogP contribution in [-0.4, -0.2) is 42.4 Å². The van der Waals surface area contributed by atoms with Crippen molar-refractivity contribution in [3.05, 3.63) is 82.6 Å². The fourth-order valence-electron chi connectivity index (χ4n) is 4.71. The van der Waals surface area contributed by atoms with Gasteiger partial charge >= 0.3 is 0 Å². The molecule has 4 rings (SSSR count). The van der Waals surface area contributed by atoms with Crippen LogP contribution in [0.2, 0.25) is 0 Å². The number of hydrogen-bond acceptors (Lipinski definition) is 4. The normalized spacial score (nSPS) is 19.8. The Labute approximate surface area is 186 Å². The van der Waals surface area contributed by atoms with E-state index in [1.165, 1.54) is 40.1 Å². The van der Waals surface area contributed by atoms with Crippen molar-refractivity contribution in [1.29, 1.82) is 0 Å². The Bertz CT molecular complexity index is 949. The van der Waals surface area contributed by atoms with E-state index in [1.807, 2.05) is 6.07 Å². The van der Waals surface area contributed by atoms with E-state index in [0.29, 0.717) is 12.6 Å². The summed E-state index contributed by atoms with van der Waals surface area (Å²) in [5.74, 6) is 0.866. The maximum absolute atomic E-state index is 9.03. The zero-order valence-corrected chi connectivity index (χ0v) is 18.7. The highest BCUT2D eigenvalue weighted by Crippen LogP contribution is 2.30. The van der Waals surface area contributed by atoms with E-state index in [0.717, 1.165) is 38.1 Å². The summed E-state index contributed by atoms with van der Waals surface area (Å²) in [6, 6.07) is 17.5. The highest BCUT2D eigenvalue weighted by molar-refractivity contribution is 5.65. The molecule has 1 aliphatic heterocycles.